The normalized spacial score (nSPS) is 16.2. The van der Waals surface area contributed by atoms with Crippen molar-refractivity contribution in [3.05, 3.63) is 58.9 Å². The molecular formula is C17H14F3N3O2. The second-order valence-electron chi connectivity index (χ2n) is 5.55. The maximum absolute atomic E-state index is 12.6. The van der Waals surface area contributed by atoms with Crippen LogP contribution in [0.15, 0.2) is 47.1 Å². The highest BCUT2D eigenvalue weighted by molar-refractivity contribution is 6.27. The molecule has 3 rings (SSSR count). The number of aromatic nitrogens is 1. The number of nitrogens with zero attached hydrogens (tertiary/aromatic N) is 1. The summed E-state index contributed by atoms with van der Waals surface area (Å²) in [6.45, 7) is 0. The number of benzene rings is 1. The van der Waals surface area contributed by atoms with E-state index in [4.69, 9.17) is 0 Å². The number of aryl methyl sites for hydroxylation is 1. The molecule has 25 heavy (non-hydrogen) atoms. The fourth-order valence-electron chi connectivity index (χ4n) is 2.45. The Balaban J connectivity index is 1.75. The molecule has 1 aliphatic heterocycles. The van der Waals surface area contributed by atoms with Crippen molar-refractivity contribution < 1.29 is 23.1 Å². The smallest absolute Gasteiger partial charge is 0.431 e. The van der Waals surface area contributed by atoms with Gasteiger partial charge in [-0.25, -0.2) is 5.43 Å². The standard InChI is InChI=1S/C17H14F3N3O2/c18-17(19,20)15-8-4-11(21-15)9-13-14(22-23-16(13)25)7-3-10-1-5-12(24)6-2-10/h1-2,4-6,8-9,21,24H,3,7H2,(H,23,25). The molecule has 0 bridgehead atoms. The van der Waals surface area contributed by atoms with Gasteiger partial charge in [0.2, 0.25) is 0 Å². The highest BCUT2D eigenvalue weighted by Crippen LogP contribution is 2.29. The van der Waals surface area contributed by atoms with E-state index in [1.165, 1.54) is 12.1 Å². The molecule has 0 unspecified atom stereocenters. The first-order valence-electron chi connectivity index (χ1n) is 7.46. The number of phenols is 1. The number of hydrazone groups is 1. The van der Waals surface area contributed by atoms with Gasteiger partial charge >= 0.3 is 6.18 Å². The van der Waals surface area contributed by atoms with E-state index in [0.717, 1.165) is 11.6 Å². The summed E-state index contributed by atoms with van der Waals surface area (Å²) in [4.78, 5) is 14.1. The lowest BCUT2D eigenvalue weighted by Gasteiger charge is -2.03. The average molecular weight is 349 g/mol. The van der Waals surface area contributed by atoms with Gasteiger partial charge in [-0.2, -0.15) is 18.3 Å². The third kappa shape index (κ3) is 3.90. The van der Waals surface area contributed by atoms with E-state index < -0.39 is 17.8 Å². The van der Waals surface area contributed by atoms with Crippen molar-refractivity contribution in [2.24, 2.45) is 5.10 Å². The molecular weight excluding hydrogens is 335 g/mol. The Morgan fingerprint density at radius 2 is 1.80 bits per heavy atom. The van der Waals surface area contributed by atoms with Crippen LogP contribution in [0.25, 0.3) is 6.08 Å². The number of carbonyl (C=O) groups excluding carboxylic acids is 1. The van der Waals surface area contributed by atoms with Crippen molar-refractivity contribution in [2.45, 2.75) is 19.0 Å². The lowest BCUT2D eigenvalue weighted by atomic mass is 10.0. The Bertz CT molecular complexity index is 849. The lowest BCUT2D eigenvalue weighted by Crippen LogP contribution is -2.13. The van der Waals surface area contributed by atoms with Crippen LogP contribution in [-0.2, 0) is 17.4 Å². The summed E-state index contributed by atoms with van der Waals surface area (Å²) >= 11 is 0. The number of alkyl halides is 3. The third-order valence-corrected chi connectivity index (χ3v) is 3.75. The number of carbonyl (C=O) groups is 1. The van der Waals surface area contributed by atoms with E-state index in [1.807, 2.05) is 0 Å². The maximum Gasteiger partial charge on any atom is 0.431 e. The molecule has 0 spiro atoms. The molecule has 3 N–H and O–H groups in total. The van der Waals surface area contributed by atoms with Gasteiger partial charge in [0.1, 0.15) is 11.4 Å². The van der Waals surface area contributed by atoms with Gasteiger partial charge in [0.25, 0.3) is 5.91 Å². The van der Waals surface area contributed by atoms with E-state index in [9.17, 15) is 23.1 Å². The fraction of sp³-hybridized carbons (Fsp3) is 0.176. The lowest BCUT2D eigenvalue weighted by molar-refractivity contribution is -0.140. The summed E-state index contributed by atoms with van der Waals surface area (Å²) in [5, 5.41) is 13.2. The van der Waals surface area contributed by atoms with Crippen LogP contribution >= 0.6 is 0 Å². The van der Waals surface area contributed by atoms with E-state index in [1.54, 1.807) is 24.3 Å². The monoisotopic (exact) mass is 349 g/mol. The summed E-state index contributed by atoms with van der Waals surface area (Å²) in [7, 11) is 0. The molecule has 0 saturated heterocycles. The highest BCUT2D eigenvalue weighted by atomic mass is 19.4. The minimum atomic E-state index is -4.47. The minimum Gasteiger partial charge on any atom is -0.508 e. The van der Waals surface area contributed by atoms with Crippen LogP contribution in [0, 0.1) is 0 Å². The third-order valence-electron chi connectivity index (χ3n) is 3.75. The molecule has 0 radical (unpaired) electrons. The summed E-state index contributed by atoms with van der Waals surface area (Å²) in [6.07, 6.45) is -2.11. The van der Waals surface area contributed by atoms with Crippen molar-refractivity contribution in [3.8, 4) is 5.75 Å². The average Bonchev–Trinajstić information content (AvgIpc) is 3.16. The molecule has 5 nitrogen and oxygen atoms in total. The fourth-order valence-corrected chi connectivity index (χ4v) is 2.45. The molecule has 0 atom stereocenters. The van der Waals surface area contributed by atoms with Gasteiger partial charge in [0.05, 0.1) is 11.3 Å². The van der Waals surface area contributed by atoms with Crippen LogP contribution in [0.3, 0.4) is 0 Å². The Hall–Kier alpha value is -3.03. The van der Waals surface area contributed by atoms with Crippen LogP contribution in [0.4, 0.5) is 13.2 Å². The number of amides is 1. The number of aromatic hydroxyl groups is 1. The highest BCUT2D eigenvalue weighted by Gasteiger charge is 2.32. The SMILES string of the molecule is O=C1NN=C(CCc2ccc(O)cc2)C1=Cc1ccc(C(F)(F)F)[nH]1. The molecule has 2 heterocycles. The number of nitrogens with one attached hydrogen (secondary N) is 2. The van der Waals surface area contributed by atoms with Gasteiger partial charge < -0.3 is 10.1 Å². The predicted molar refractivity (Wildman–Crippen MR) is 85.8 cm³/mol. The van der Waals surface area contributed by atoms with Crippen molar-refractivity contribution in [3.63, 3.8) is 0 Å². The first-order valence-corrected chi connectivity index (χ1v) is 7.46. The van der Waals surface area contributed by atoms with E-state index in [0.29, 0.717) is 18.6 Å². The first kappa shape index (κ1) is 16.8. The Labute approximate surface area is 140 Å². The van der Waals surface area contributed by atoms with Gasteiger partial charge in [-0.05, 0) is 48.7 Å². The molecule has 0 saturated carbocycles. The van der Waals surface area contributed by atoms with E-state index >= 15 is 0 Å². The van der Waals surface area contributed by atoms with Gasteiger partial charge in [-0.15, -0.1) is 0 Å². The van der Waals surface area contributed by atoms with Crippen LogP contribution in [0.1, 0.15) is 23.4 Å². The van der Waals surface area contributed by atoms with E-state index in [2.05, 4.69) is 15.5 Å². The number of halogens is 3. The van der Waals surface area contributed by atoms with Crippen molar-refractivity contribution in [2.75, 3.05) is 0 Å². The van der Waals surface area contributed by atoms with Crippen LogP contribution in [-0.4, -0.2) is 21.7 Å². The number of hydrogen-bond acceptors (Lipinski definition) is 3. The van der Waals surface area contributed by atoms with Crippen LogP contribution < -0.4 is 5.43 Å². The van der Waals surface area contributed by atoms with Gasteiger partial charge in [-0.3, -0.25) is 4.79 Å². The Morgan fingerprint density at radius 1 is 1.08 bits per heavy atom. The Kier molecular flexibility index (Phi) is 4.35. The molecule has 1 amide bonds. The number of rotatable bonds is 4. The molecule has 2 aromatic rings. The zero-order valence-corrected chi connectivity index (χ0v) is 12.9. The molecule has 0 aliphatic carbocycles. The molecule has 8 heteroatoms. The first-order chi connectivity index (χ1) is 11.8. The molecule has 130 valence electrons. The molecule has 1 aliphatic rings. The summed E-state index contributed by atoms with van der Waals surface area (Å²) in [5.41, 5.74) is 3.28. The number of hydrogen-bond donors (Lipinski definition) is 3. The Morgan fingerprint density at radius 3 is 2.44 bits per heavy atom. The van der Waals surface area contributed by atoms with Crippen LogP contribution in [0.5, 0.6) is 5.75 Å². The maximum atomic E-state index is 12.6. The van der Waals surface area contributed by atoms with E-state index in [-0.39, 0.29) is 17.0 Å². The minimum absolute atomic E-state index is 0.159. The summed E-state index contributed by atoms with van der Waals surface area (Å²) in [5.74, 6) is -0.296. The van der Waals surface area contributed by atoms with Gasteiger partial charge in [0.15, 0.2) is 0 Å². The molecule has 1 aromatic heterocycles. The topological polar surface area (TPSA) is 77.5 Å². The van der Waals surface area contributed by atoms with Gasteiger partial charge in [0, 0.05) is 5.69 Å². The number of aromatic amines is 1. The van der Waals surface area contributed by atoms with Gasteiger partial charge in [-0.1, -0.05) is 12.1 Å². The molecule has 1 aromatic carbocycles. The summed E-state index contributed by atoms with van der Waals surface area (Å²) in [6, 6.07) is 8.81. The zero-order chi connectivity index (χ0) is 18.0. The van der Waals surface area contributed by atoms with Crippen LogP contribution in [0.2, 0.25) is 0 Å². The summed E-state index contributed by atoms with van der Waals surface area (Å²) < 4.78 is 37.9. The quantitative estimate of drug-likeness (QED) is 0.741. The largest absolute Gasteiger partial charge is 0.508 e. The zero-order valence-electron chi connectivity index (χ0n) is 12.9. The number of phenolic OH excluding ortho intramolecular Hbond substituents is 1. The van der Waals surface area contributed by atoms with Crippen molar-refractivity contribution >= 4 is 17.7 Å². The van der Waals surface area contributed by atoms with Crippen molar-refractivity contribution in [1.29, 1.82) is 0 Å². The predicted octanol–water partition coefficient (Wildman–Crippen LogP) is 3.24. The number of H-pyrrole nitrogens is 1. The van der Waals surface area contributed by atoms with Crippen molar-refractivity contribution in [1.82, 2.24) is 10.4 Å². The molecule has 0 fully saturated rings. The second-order valence-corrected chi connectivity index (χ2v) is 5.55. The second kappa shape index (κ2) is 6.46.